The van der Waals surface area contributed by atoms with E-state index in [2.05, 4.69) is 47.9 Å². The number of benzene rings is 1. The standard InChI is InChI=1S/C29H34ClN7OS/c30-25-6-5-24(39-25)18-35-14-7-29(8-15-35)9-16-36(21-29)17-22-1-3-23(4-2-22)28(38)37(19-26-31-10-11-32-26)20-27-33-12-13-34-27/h1-6,10-13H,7-9,14-21H2,(H,31,32)(H,33,34). The summed E-state index contributed by atoms with van der Waals surface area (Å²) < 4.78 is 0.877. The van der Waals surface area contributed by atoms with Gasteiger partial charge in [0.2, 0.25) is 0 Å². The molecule has 2 aliphatic rings. The number of aromatic nitrogens is 4. The number of hydrogen-bond acceptors (Lipinski definition) is 6. The van der Waals surface area contributed by atoms with Crippen LogP contribution in [0.2, 0.25) is 4.34 Å². The Morgan fingerprint density at radius 1 is 0.897 bits per heavy atom. The van der Waals surface area contributed by atoms with Crippen molar-refractivity contribution in [2.75, 3.05) is 26.2 Å². The highest BCUT2D eigenvalue weighted by molar-refractivity contribution is 7.16. The maximum atomic E-state index is 13.4. The van der Waals surface area contributed by atoms with Gasteiger partial charge in [-0.1, -0.05) is 23.7 Å². The molecule has 0 aliphatic carbocycles. The lowest BCUT2D eigenvalue weighted by molar-refractivity contribution is 0.0721. The van der Waals surface area contributed by atoms with E-state index < -0.39 is 0 Å². The van der Waals surface area contributed by atoms with Gasteiger partial charge < -0.3 is 14.9 Å². The van der Waals surface area contributed by atoms with Crippen molar-refractivity contribution in [2.45, 2.75) is 45.4 Å². The van der Waals surface area contributed by atoms with E-state index in [1.54, 1.807) is 41.0 Å². The SMILES string of the molecule is O=C(c1ccc(CN2CCC3(CCN(Cc4ccc(Cl)s4)CC3)C2)cc1)N(Cc1ncc[nH]1)Cc1ncc[nH]1. The van der Waals surface area contributed by atoms with Crippen LogP contribution in [-0.4, -0.2) is 66.7 Å². The molecule has 0 saturated carbocycles. The maximum absolute atomic E-state index is 13.4. The Morgan fingerprint density at radius 3 is 2.10 bits per heavy atom. The summed E-state index contributed by atoms with van der Waals surface area (Å²) in [5.41, 5.74) is 2.37. The Balaban J connectivity index is 1.03. The van der Waals surface area contributed by atoms with Crippen LogP contribution in [0.25, 0.3) is 0 Å². The molecule has 0 radical (unpaired) electrons. The zero-order valence-corrected chi connectivity index (χ0v) is 23.6. The van der Waals surface area contributed by atoms with Gasteiger partial charge in [0.05, 0.1) is 17.4 Å². The summed E-state index contributed by atoms with van der Waals surface area (Å²) in [7, 11) is 0. The molecule has 0 unspecified atom stereocenters. The normalized spacial score (nSPS) is 17.7. The molecular weight excluding hydrogens is 530 g/mol. The highest BCUT2D eigenvalue weighted by Gasteiger charge is 2.40. The molecule has 1 spiro atoms. The molecule has 8 nitrogen and oxygen atoms in total. The average Bonchev–Trinajstić information content (AvgIpc) is 3.76. The number of thiophene rings is 1. The van der Waals surface area contributed by atoms with E-state index in [1.165, 1.54) is 29.7 Å². The Labute approximate surface area is 238 Å². The molecule has 2 saturated heterocycles. The number of nitrogens with zero attached hydrogens (tertiary/aromatic N) is 5. The van der Waals surface area contributed by atoms with Crippen molar-refractivity contribution >= 4 is 28.8 Å². The van der Waals surface area contributed by atoms with Crippen LogP contribution in [0.4, 0.5) is 0 Å². The monoisotopic (exact) mass is 563 g/mol. The summed E-state index contributed by atoms with van der Waals surface area (Å²) in [6.07, 6.45) is 10.7. The van der Waals surface area contributed by atoms with E-state index in [9.17, 15) is 4.79 Å². The summed E-state index contributed by atoms with van der Waals surface area (Å²) in [6, 6.07) is 12.3. The molecule has 1 amide bonds. The highest BCUT2D eigenvalue weighted by atomic mass is 35.5. The van der Waals surface area contributed by atoms with Crippen molar-refractivity contribution in [1.29, 1.82) is 0 Å². The fraction of sp³-hybridized carbons (Fsp3) is 0.414. The number of hydrogen-bond donors (Lipinski definition) is 2. The van der Waals surface area contributed by atoms with Gasteiger partial charge in [0.15, 0.2) is 0 Å². The molecular formula is C29H34ClN7OS. The topological polar surface area (TPSA) is 84.2 Å². The van der Waals surface area contributed by atoms with Gasteiger partial charge >= 0.3 is 0 Å². The smallest absolute Gasteiger partial charge is 0.254 e. The molecule has 4 aromatic rings. The number of aromatic amines is 2. The Bertz CT molecular complexity index is 1310. The van der Waals surface area contributed by atoms with Gasteiger partial charge in [-0.25, -0.2) is 9.97 Å². The lowest BCUT2D eigenvalue weighted by Crippen LogP contribution is -2.41. The number of likely N-dealkylation sites (tertiary alicyclic amines) is 2. The molecule has 2 N–H and O–H groups in total. The predicted octanol–water partition coefficient (Wildman–Crippen LogP) is 5.18. The number of nitrogens with one attached hydrogen (secondary N) is 2. The molecule has 1 aromatic carbocycles. The molecule has 204 valence electrons. The van der Waals surface area contributed by atoms with E-state index >= 15 is 0 Å². The predicted molar refractivity (Wildman–Crippen MR) is 153 cm³/mol. The number of halogens is 1. The lowest BCUT2D eigenvalue weighted by atomic mass is 9.78. The van der Waals surface area contributed by atoms with Crippen molar-refractivity contribution in [3.05, 3.63) is 93.2 Å². The highest BCUT2D eigenvalue weighted by Crippen LogP contribution is 2.41. The first-order valence-electron chi connectivity index (χ1n) is 13.6. The van der Waals surface area contributed by atoms with Crippen molar-refractivity contribution in [2.24, 2.45) is 5.41 Å². The van der Waals surface area contributed by atoms with Crippen molar-refractivity contribution in [3.63, 3.8) is 0 Å². The molecule has 39 heavy (non-hydrogen) atoms. The second-order valence-corrected chi connectivity index (χ2v) is 12.7. The van der Waals surface area contributed by atoms with Crippen molar-refractivity contribution < 1.29 is 4.79 Å². The van der Waals surface area contributed by atoms with Gasteiger partial charge in [-0.2, -0.15) is 0 Å². The summed E-state index contributed by atoms with van der Waals surface area (Å²) >= 11 is 7.81. The molecule has 0 bridgehead atoms. The van der Waals surface area contributed by atoms with Crippen molar-refractivity contribution in [1.82, 2.24) is 34.6 Å². The molecule has 6 rings (SSSR count). The number of H-pyrrole nitrogens is 2. The van der Waals surface area contributed by atoms with Crippen LogP contribution in [-0.2, 0) is 26.2 Å². The van der Waals surface area contributed by atoms with Crippen LogP contribution in [0.5, 0.6) is 0 Å². The second-order valence-electron chi connectivity index (χ2n) is 10.9. The van der Waals surface area contributed by atoms with Gasteiger partial charge in [-0.05, 0) is 74.1 Å². The van der Waals surface area contributed by atoms with E-state index in [4.69, 9.17) is 11.6 Å². The van der Waals surface area contributed by atoms with Crippen LogP contribution < -0.4 is 0 Å². The Kier molecular flexibility index (Phi) is 7.83. The summed E-state index contributed by atoms with van der Waals surface area (Å²) in [5.74, 6) is 1.46. The first-order chi connectivity index (χ1) is 19.0. The van der Waals surface area contributed by atoms with E-state index in [0.717, 1.165) is 55.3 Å². The molecule has 10 heteroatoms. The van der Waals surface area contributed by atoms with Crippen LogP contribution in [0.3, 0.4) is 0 Å². The largest absolute Gasteiger partial charge is 0.347 e. The molecule has 2 fully saturated rings. The maximum Gasteiger partial charge on any atom is 0.254 e. The number of imidazole rings is 2. The van der Waals surface area contributed by atoms with Gasteiger partial charge in [-0.15, -0.1) is 11.3 Å². The quantitative estimate of drug-likeness (QED) is 0.293. The van der Waals surface area contributed by atoms with E-state index in [-0.39, 0.29) is 5.91 Å². The molecule has 5 heterocycles. The number of carbonyl (C=O) groups excluding carboxylic acids is 1. The first kappa shape index (κ1) is 26.3. The minimum absolute atomic E-state index is 0.0361. The van der Waals surface area contributed by atoms with Crippen LogP contribution >= 0.6 is 22.9 Å². The lowest BCUT2D eigenvalue weighted by Gasteiger charge is -2.39. The number of carbonyl (C=O) groups is 1. The van der Waals surface area contributed by atoms with Crippen LogP contribution in [0, 0.1) is 5.41 Å². The zero-order valence-electron chi connectivity index (χ0n) is 22.0. The summed E-state index contributed by atoms with van der Waals surface area (Å²) in [5, 5.41) is 0. The van der Waals surface area contributed by atoms with Gasteiger partial charge in [0, 0.05) is 54.9 Å². The molecule has 0 atom stereocenters. The number of piperidine rings is 1. The minimum Gasteiger partial charge on any atom is -0.347 e. The summed E-state index contributed by atoms with van der Waals surface area (Å²) in [4.78, 5) is 36.5. The van der Waals surface area contributed by atoms with Gasteiger partial charge in [-0.3, -0.25) is 14.6 Å². The summed E-state index contributed by atoms with van der Waals surface area (Å²) in [6.45, 7) is 7.34. The molecule has 3 aromatic heterocycles. The number of rotatable bonds is 9. The van der Waals surface area contributed by atoms with Crippen LogP contribution in [0.15, 0.2) is 61.2 Å². The van der Waals surface area contributed by atoms with Gasteiger partial charge in [0.25, 0.3) is 5.91 Å². The molecule has 2 aliphatic heterocycles. The average molecular weight is 564 g/mol. The van der Waals surface area contributed by atoms with E-state index in [1.807, 2.05) is 18.2 Å². The Hall–Kier alpha value is -2.98. The third kappa shape index (κ3) is 6.44. The third-order valence-electron chi connectivity index (χ3n) is 8.13. The number of amides is 1. The van der Waals surface area contributed by atoms with Crippen molar-refractivity contribution in [3.8, 4) is 0 Å². The fourth-order valence-corrected chi connectivity index (χ4v) is 7.07. The van der Waals surface area contributed by atoms with Crippen LogP contribution in [0.1, 0.15) is 51.7 Å². The third-order valence-corrected chi connectivity index (χ3v) is 9.34. The van der Waals surface area contributed by atoms with Gasteiger partial charge in [0.1, 0.15) is 11.6 Å². The Morgan fingerprint density at radius 2 is 1.54 bits per heavy atom. The van der Waals surface area contributed by atoms with E-state index in [0.29, 0.717) is 24.1 Å². The zero-order chi connectivity index (χ0) is 26.7. The minimum atomic E-state index is -0.0361. The fourth-order valence-electron chi connectivity index (χ4n) is 5.94. The first-order valence-corrected chi connectivity index (χ1v) is 14.8. The second kappa shape index (κ2) is 11.6.